The van der Waals surface area contributed by atoms with Crippen molar-refractivity contribution >= 4 is 43.0 Å². The van der Waals surface area contributed by atoms with Gasteiger partial charge in [0.2, 0.25) is 5.91 Å². The van der Waals surface area contributed by atoms with E-state index in [1.54, 1.807) is 66.7 Å². The maximum atomic E-state index is 13.5. The van der Waals surface area contributed by atoms with Crippen LogP contribution in [0.5, 0.6) is 11.5 Å². The van der Waals surface area contributed by atoms with E-state index in [0.717, 1.165) is 4.31 Å². The van der Waals surface area contributed by atoms with Crippen LogP contribution in [0.25, 0.3) is 0 Å². The number of benzene rings is 4. The third-order valence-corrected chi connectivity index (χ3v) is 8.93. The highest BCUT2D eigenvalue weighted by molar-refractivity contribution is 7.93. The van der Waals surface area contributed by atoms with Crippen molar-refractivity contribution in [3.63, 3.8) is 0 Å². The minimum absolute atomic E-state index is 0.00706. The summed E-state index contributed by atoms with van der Waals surface area (Å²) in [7, 11) is -5.11. The maximum absolute atomic E-state index is 13.5. The van der Waals surface area contributed by atoms with E-state index in [9.17, 15) is 21.6 Å². The van der Waals surface area contributed by atoms with Gasteiger partial charge in [-0.1, -0.05) is 30.3 Å². The second-order valence-corrected chi connectivity index (χ2v) is 11.9. The molecular formula is C28H27N3O7S2. The molecule has 4 aromatic rings. The fraction of sp³-hybridized carbons (Fsp3) is 0.107. The second-order valence-electron chi connectivity index (χ2n) is 8.40. The number of carbonyl (C=O) groups is 1. The van der Waals surface area contributed by atoms with Gasteiger partial charge in [-0.2, -0.15) is 0 Å². The number of carbonyl (C=O) groups excluding carboxylic acids is 1. The van der Waals surface area contributed by atoms with Crippen LogP contribution in [0.3, 0.4) is 0 Å². The quantitative estimate of drug-likeness (QED) is 0.269. The molecule has 0 aromatic heterocycles. The fourth-order valence-corrected chi connectivity index (χ4v) is 6.29. The van der Waals surface area contributed by atoms with Crippen LogP contribution in [0, 0.1) is 0 Å². The molecule has 208 valence electrons. The van der Waals surface area contributed by atoms with Crippen LogP contribution < -0.4 is 23.8 Å². The predicted molar refractivity (Wildman–Crippen MR) is 153 cm³/mol. The van der Waals surface area contributed by atoms with Crippen LogP contribution in [0.4, 0.5) is 17.1 Å². The Kier molecular flexibility index (Phi) is 8.61. The van der Waals surface area contributed by atoms with E-state index >= 15 is 0 Å². The number of para-hydroxylation sites is 2. The Morgan fingerprint density at radius 1 is 0.700 bits per heavy atom. The number of ether oxygens (including phenoxy) is 2. The Labute approximate surface area is 233 Å². The van der Waals surface area contributed by atoms with Gasteiger partial charge in [-0.3, -0.25) is 13.8 Å². The highest BCUT2D eigenvalue weighted by Crippen LogP contribution is 2.32. The molecule has 4 rings (SSSR count). The lowest BCUT2D eigenvalue weighted by Crippen LogP contribution is -2.38. The first-order valence-corrected chi connectivity index (χ1v) is 14.8. The number of hydrogen-bond donors (Lipinski definition) is 2. The average Bonchev–Trinajstić information content (AvgIpc) is 2.97. The summed E-state index contributed by atoms with van der Waals surface area (Å²) < 4.78 is 66.5. The van der Waals surface area contributed by atoms with Gasteiger partial charge >= 0.3 is 0 Å². The summed E-state index contributed by atoms with van der Waals surface area (Å²) in [5, 5.41) is 2.63. The van der Waals surface area contributed by atoms with E-state index < -0.39 is 32.5 Å². The van der Waals surface area contributed by atoms with Crippen molar-refractivity contribution < 1.29 is 31.1 Å². The van der Waals surface area contributed by atoms with Gasteiger partial charge in [-0.15, -0.1) is 0 Å². The van der Waals surface area contributed by atoms with E-state index in [-0.39, 0.29) is 26.9 Å². The minimum atomic E-state index is -4.14. The molecule has 0 unspecified atom stereocenters. The SMILES string of the molecule is COc1ccc(NS(=O)(=O)c2ccc(NC(=O)CN(c3ccccc3OC)S(=O)(=O)c3ccccc3)cc2)cc1. The fourth-order valence-electron chi connectivity index (χ4n) is 3.78. The number of sulfonamides is 2. The van der Waals surface area contributed by atoms with Gasteiger partial charge in [-0.25, -0.2) is 16.8 Å². The van der Waals surface area contributed by atoms with Crippen molar-refractivity contribution in [2.45, 2.75) is 9.79 Å². The third-order valence-electron chi connectivity index (χ3n) is 5.76. The zero-order valence-electron chi connectivity index (χ0n) is 21.6. The first-order valence-electron chi connectivity index (χ1n) is 11.9. The predicted octanol–water partition coefficient (Wildman–Crippen LogP) is 4.34. The summed E-state index contributed by atoms with van der Waals surface area (Å²) in [6, 6.07) is 26.1. The lowest BCUT2D eigenvalue weighted by molar-refractivity contribution is -0.114. The molecule has 2 N–H and O–H groups in total. The molecule has 1 amide bonds. The van der Waals surface area contributed by atoms with Crippen molar-refractivity contribution in [3.05, 3.63) is 103 Å². The van der Waals surface area contributed by atoms with Gasteiger partial charge in [0.1, 0.15) is 18.0 Å². The maximum Gasteiger partial charge on any atom is 0.264 e. The first kappa shape index (κ1) is 28.5. The molecule has 0 aliphatic carbocycles. The van der Waals surface area contributed by atoms with E-state index in [4.69, 9.17) is 9.47 Å². The second kappa shape index (κ2) is 12.1. The molecule has 4 aromatic carbocycles. The summed E-state index contributed by atoms with van der Waals surface area (Å²) in [6.45, 7) is -0.559. The van der Waals surface area contributed by atoms with Crippen LogP contribution in [0.2, 0.25) is 0 Å². The topological polar surface area (TPSA) is 131 Å². The number of hydrogen-bond acceptors (Lipinski definition) is 7. The van der Waals surface area contributed by atoms with E-state index in [1.807, 2.05) is 0 Å². The van der Waals surface area contributed by atoms with E-state index in [0.29, 0.717) is 11.4 Å². The molecule has 0 aliphatic heterocycles. The Morgan fingerprint density at radius 2 is 1.30 bits per heavy atom. The number of nitrogens with zero attached hydrogens (tertiary/aromatic N) is 1. The standard InChI is InChI=1S/C28H27N3O7S2/c1-37-23-16-12-22(13-17-23)30-39(33,34)24-18-14-21(15-19-24)29-28(32)20-31(26-10-6-7-11-27(26)38-2)40(35,36)25-8-4-3-5-9-25/h3-19,30H,20H2,1-2H3,(H,29,32). The summed E-state index contributed by atoms with van der Waals surface area (Å²) >= 11 is 0. The van der Waals surface area contributed by atoms with Gasteiger partial charge in [0.25, 0.3) is 20.0 Å². The van der Waals surface area contributed by atoms with Gasteiger partial charge in [0, 0.05) is 11.4 Å². The molecule has 0 spiro atoms. The molecule has 0 heterocycles. The van der Waals surface area contributed by atoms with Crippen LogP contribution in [-0.4, -0.2) is 43.5 Å². The largest absolute Gasteiger partial charge is 0.497 e. The average molecular weight is 582 g/mol. The molecule has 0 aliphatic rings. The highest BCUT2D eigenvalue weighted by atomic mass is 32.2. The molecule has 0 saturated carbocycles. The summed E-state index contributed by atoms with van der Waals surface area (Å²) in [5.74, 6) is 0.218. The Hall–Kier alpha value is -4.55. The monoisotopic (exact) mass is 581 g/mol. The highest BCUT2D eigenvalue weighted by Gasteiger charge is 2.29. The van der Waals surface area contributed by atoms with Crippen LogP contribution in [-0.2, 0) is 24.8 Å². The summed E-state index contributed by atoms with van der Waals surface area (Å²) in [6.07, 6.45) is 0. The zero-order valence-corrected chi connectivity index (χ0v) is 23.3. The molecule has 40 heavy (non-hydrogen) atoms. The molecule has 0 fully saturated rings. The zero-order chi connectivity index (χ0) is 28.8. The van der Waals surface area contributed by atoms with Gasteiger partial charge in [0.05, 0.1) is 29.7 Å². The van der Waals surface area contributed by atoms with Crippen LogP contribution >= 0.6 is 0 Å². The number of methoxy groups -OCH3 is 2. The lowest BCUT2D eigenvalue weighted by Gasteiger charge is -2.25. The number of rotatable bonds is 11. The summed E-state index contributed by atoms with van der Waals surface area (Å²) in [4.78, 5) is 13.0. The van der Waals surface area contributed by atoms with Crippen LogP contribution in [0.15, 0.2) is 113 Å². The van der Waals surface area contributed by atoms with Gasteiger partial charge in [-0.05, 0) is 72.8 Å². The van der Waals surface area contributed by atoms with Crippen molar-refractivity contribution in [2.24, 2.45) is 0 Å². The van der Waals surface area contributed by atoms with Crippen molar-refractivity contribution in [1.82, 2.24) is 0 Å². The lowest BCUT2D eigenvalue weighted by atomic mass is 10.3. The molecule has 0 radical (unpaired) electrons. The molecule has 0 saturated heterocycles. The van der Waals surface area contributed by atoms with Crippen molar-refractivity contribution in [3.8, 4) is 11.5 Å². The smallest absolute Gasteiger partial charge is 0.264 e. The van der Waals surface area contributed by atoms with Crippen molar-refractivity contribution in [1.29, 1.82) is 0 Å². The number of nitrogens with one attached hydrogen (secondary N) is 2. The normalized spacial score (nSPS) is 11.3. The molecular weight excluding hydrogens is 554 g/mol. The molecule has 0 bridgehead atoms. The number of anilines is 3. The minimum Gasteiger partial charge on any atom is -0.497 e. The Balaban J connectivity index is 1.53. The molecule has 0 atom stereocenters. The number of amides is 1. The van der Waals surface area contributed by atoms with Crippen LogP contribution in [0.1, 0.15) is 0 Å². The Bertz CT molecular complexity index is 1680. The van der Waals surface area contributed by atoms with Crippen molar-refractivity contribution in [2.75, 3.05) is 35.1 Å². The molecule has 12 heteroatoms. The van der Waals surface area contributed by atoms with Gasteiger partial charge in [0.15, 0.2) is 0 Å². The van der Waals surface area contributed by atoms with Gasteiger partial charge < -0.3 is 14.8 Å². The first-order chi connectivity index (χ1) is 19.1. The van der Waals surface area contributed by atoms with E-state index in [1.165, 1.54) is 50.6 Å². The molecule has 10 nitrogen and oxygen atoms in total. The Morgan fingerprint density at radius 3 is 1.93 bits per heavy atom. The van der Waals surface area contributed by atoms with E-state index in [2.05, 4.69) is 10.0 Å². The third kappa shape index (κ3) is 6.53. The summed E-state index contributed by atoms with van der Waals surface area (Å²) in [5.41, 5.74) is 0.828.